The Kier molecular flexibility index (Phi) is 7.02. The molecule has 1 amide bonds. The van der Waals surface area contributed by atoms with Crippen LogP contribution in [0, 0.1) is 0 Å². The minimum Gasteiger partial charge on any atom is -0.340 e. The number of carbonyl (C=O) groups excluding carboxylic acids is 1. The molecule has 1 unspecified atom stereocenters. The van der Waals surface area contributed by atoms with Gasteiger partial charge in [0.05, 0.1) is 0 Å². The molecule has 0 aliphatic carbocycles. The zero-order valence-corrected chi connectivity index (χ0v) is 19.1. The molecule has 0 bridgehead atoms. The number of piperazine rings is 1. The minimum absolute atomic E-state index is 0.182. The van der Waals surface area contributed by atoms with Gasteiger partial charge in [-0.15, -0.1) is 0 Å². The van der Waals surface area contributed by atoms with E-state index < -0.39 is 0 Å². The Bertz CT molecular complexity index is 855. The van der Waals surface area contributed by atoms with Gasteiger partial charge in [-0.05, 0) is 37.9 Å². The van der Waals surface area contributed by atoms with E-state index in [4.69, 9.17) is 4.52 Å². The first-order valence-electron chi connectivity index (χ1n) is 11.6. The van der Waals surface area contributed by atoms with Crippen molar-refractivity contribution >= 4 is 5.91 Å². The number of hydrogen-bond donors (Lipinski definition) is 0. The van der Waals surface area contributed by atoms with Crippen LogP contribution in [-0.4, -0.2) is 83.1 Å². The van der Waals surface area contributed by atoms with Crippen LogP contribution in [0.15, 0.2) is 28.8 Å². The quantitative estimate of drug-likeness (QED) is 0.709. The molecular weight excluding hydrogens is 390 g/mol. The van der Waals surface area contributed by atoms with Crippen molar-refractivity contribution in [2.24, 2.45) is 0 Å². The molecule has 2 aromatic rings. The third-order valence-electron chi connectivity index (χ3n) is 6.64. The number of rotatable bonds is 6. The number of hydrogen-bond acceptors (Lipinski definition) is 6. The fourth-order valence-electron chi connectivity index (χ4n) is 4.64. The van der Waals surface area contributed by atoms with Gasteiger partial charge in [0.15, 0.2) is 0 Å². The van der Waals surface area contributed by atoms with Crippen molar-refractivity contribution in [3.63, 3.8) is 0 Å². The maximum atomic E-state index is 12.7. The Morgan fingerprint density at radius 2 is 1.87 bits per heavy atom. The summed E-state index contributed by atoms with van der Waals surface area (Å²) in [6, 6.07) is 8.90. The Hall–Kier alpha value is -2.25. The molecule has 2 aliphatic heterocycles. The summed E-state index contributed by atoms with van der Waals surface area (Å²) < 4.78 is 5.40. The molecule has 7 nitrogen and oxygen atoms in total. The molecule has 1 aromatic carbocycles. The van der Waals surface area contributed by atoms with Gasteiger partial charge in [-0.1, -0.05) is 43.3 Å². The minimum atomic E-state index is 0.182. The Balaban J connectivity index is 1.24. The Labute approximate surface area is 185 Å². The van der Waals surface area contributed by atoms with E-state index in [0.29, 0.717) is 36.5 Å². The van der Waals surface area contributed by atoms with Crippen LogP contribution in [0.25, 0.3) is 11.4 Å². The maximum absolute atomic E-state index is 12.7. The van der Waals surface area contributed by atoms with E-state index >= 15 is 0 Å². The predicted octanol–water partition coefficient (Wildman–Crippen LogP) is 3.03. The van der Waals surface area contributed by atoms with Crippen LogP contribution in [-0.2, 0) is 11.2 Å². The van der Waals surface area contributed by atoms with E-state index in [2.05, 4.69) is 53.0 Å². The summed E-state index contributed by atoms with van der Waals surface area (Å²) in [4.78, 5) is 24.2. The summed E-state index contributed by atoms with van der Waals surface area (Å²) in [5, 5.41) is 4.10. The monoisotopic (exact) mass is 425 g/mol. The second kappa shape index (κ2) is 9.92. The number of carbonyl (C=O) groups is 1. The lowest BCUT2D eigenvalue weighted by atomic mass is 10.0. The van der Waals surface area contributed by atoms with Gasteiger partial charge in [0.1, 0.15) is 0 Å². The highest BCUT2D eigenvalue weighted by Crippen LogP contribution is 2.21. The lowest BCUT2D eigenvalue weighted by Crippen LogP contribution is -2.55. The Morgan fingerprint density at radius 3 is 2.55 bits per heavy atom. The molecule has 168 valence electrons. The van der Waals surface area contributed by atoms with Gasteiger partial charge < -0.3 is 14.3 Å². The van der Waals surface area contributed by atoms with E-state index in [0.717, 1.165) is 38.3 Å². The number of likely N-dealkylation sites (N-methyl/N-ethyl adjacent to an activating group) is 1. The van der Waals surface area contributed by atoms with Crippen molar-refractivity contribution in [3.8, 4) is 11.4 Å². The zero-order chi connectivity index (χ0) is 21.8. The van der Waals surface area contributed by atoms with Crippen molar-refractivity contribution in [3.05, 3.63) is 35.7 Å². The molecule has 0 saturated carbocycles. The van der Waals surface area contributed by atoms with Gasteiger partial charge in [0, 0.05) is 57.2 Å². The highest BCUT2D eigenvalue weighted by Gasteiger charge is 2.28. The van der Waals surface area contributed by atoms with E-state index in [-0.39, 0.29) is 5.91 Å². The third kappa shape index (κ3) is 5.52. The summed E-state index contributed by atoms with van der Waals surface area (Å²) in [5.74, 6) is 1.79. The van der Waals surface area contributed by atoms with Gasteiger partial charge in [-0.25, -0.2) is 0 Å². The van der Waals surface area contributed by atoms with Gasteiger partial charge in [0.2, 0.25) is 17.6 Å². The number of benzene rings is 1. The molecule has 31 heavy (non-hydrogen) atoms. The van der Waals surface area contributed by atoms with E-state index in [1.807, 2.05) is 17.0 Å². The van der Waals surface area contributed by atoms with Crippen molar-refractivity contribution in [1.82, 2.24) is 24.8 Å². The molecular formula is C24H35N5O2. The van der Waals surface area contributed by atoms with Crippen LogP contribution < -0.4 is 0 Å². The highest BCUT2D eigenvalue weighted by molar-refractivity contribution is 5.76. The normalized spacial score (nSPS) is 21.0. The third-order valence-corrected chi connectivity index (χ3v) is 6.64. The number of aromatic nitrogens is 2. The molecule has 1 aromatic heterocycles. The van der Waals surface area contributed by atoms with Crippen LogP contribution in [0.2, 0.25) is 0 Å². The maximum Gasteiger partial charge on any atom is 0.227 e. The second-order valence-electron chi connectivity index (χ2n) is 9.26. The fourth-order valence-corrected chi connectivity index (χ4v) is 4.64. The van der Waals surface area contributed by atoms with Gasteiger partial charge in [-0.2, -0.15) is 4.98 Å². The first kappa shape index (κ1) is 22.0. The molecule has 3 heterocycles. The smallest absolute Gasteiger partial charge is 0.227 e. The average molecular weight is 426 g/mol. The number of amides is 1. The lowest BCUT2D eigenvalue weighted by molar-refractivity contribution is -0.133. The fraction of sp³-hybridized carbons (Fsp3) is 0.625. The van der Waals surface area contributed by atoms with Crippen molar-refractivity contribution in [1.29, 1.82) is 0 Å². The summed E-state index contributed by atoms with van der Waals surface area (Å²) in [6.07, 6.45) is 3.45. The SMILES string of the molecule is CC(C)c1ccc(-c2noc(CCC(=O)N3CCN(C4CCCN(C)C4)CC3)n2)cc1. The molecule has 0 radical (unpaired) electrons. The van der Waals surface area contributed by atoms with Gasteiger partial charge in [0.25, 0.3) is 0 Å². The van der Waals surface area contributed by atoms with Crippen LogP contribution in [0.3, 0.4) is 0 Å². The van der Waals surface area contributed by atoms with E-state index in [1.165, 1.54) is 24.9 Å². The molecule has 7 heteroatoms. The van der Waals surface area contributed by atoms with E-state index in [9.17, 15) is 4.79 Å². The zero-order valence-electron chi connectivity index (χ0n) is 19.1. The molecule has 1 atom stereocenters. The van der Waals surface area contributed by atoms with Gasteiger partial charge in [-0.3, -0.25) is 9.69 Å². The first-order chi connectivity index (χ1) is 15.0. The summed E-state index contributed by atoms with van der Waals surface area (Å²) in [7, 11) is 2.20. The van der Waals surface area contributed by atoms with Crippen LogP contribution in [0.1, 0.15) is 50.5 Å². The topological polar surface area (TPSA) is 65.7 Å². The largest absolute Gasteiger partial charge is 0.340 e. The first-order valence-corrected chi connectivity index (χ1v) is 11.6. The Morgan fingerprint density at radius 1 is 1.13 bits per heavy atom. The second-order valence-corrected chi connectivity index (χ2v) is 9.26. The predicted molar refractivity (Wildman–Crippen MR) is 121 cm³/mol. The van der Waals surface area contributed by atoms with Crippen molar-refractivity contribution in [2.75, 3.05) is 46.3 Å². The molecule has 0 N–H and O–H groups in total. The van der Waals surface area contributed by atoms with Crippen molar-refractivity contribution in [2.45, 2.75) is 51.5 Å². The van der Waals surface area contributed by atoms with Crippen LogP contribution in [0.5, 0.6) is 0 Å². The van der Waals surface area contributed by atoms with Crippen molar-refractivity contribution < 1.29 is 9.32 Å². The van der Waals surface area contributed by atoms with Gasteiger partial charge >= 0.3 is 0 Å². The number of likely N-dealkylation sites (tertiary alicyclic amines) is 1. The molecule has 4 rings (SSSR count). The lowest BCUT2D eigenvalue weighted by Gasteiger charge is -2.42. The number of aryl methyl sites for hydroxylation is 1. The van der Waals surface area contributed by atoms with Crippen LogP contribution >= 0.6 is 0 Å². The standard InChI is InChI=1S/C24H35N5O2/c1-18(2)19-6-8-20(9-7-19)24-25-22(31-26-24)10-11-23(30)29-15-13-28(14-16-29)21-5-4-12-27(3)17-21/h6-9,18,21H,4-5,10-17H2,1-3H3. The summed E-state index contributed by atoms with van der Waals surface area (Å²) >= 11 is 0. The molecule has 0 spiro atoms. The van der Waals surface area contributed by atoms with Crippen LogP contribution in [0.4, 0.5) is 0 Å². The molecule has 2 saturated heterocycles. The molecule has 2 aliphatic rings. The highest BCUT2D eigenvalue weighted by atomic mass is 16.5. The molecule has 2 fully saturated rings. The average Bonchev–Trinajstić information content (AvgIpc) is 3.27. The van der Waals surface area contributed by atoms with E-state index in [1.54, 1.807) is 0 Å². The summed E-state index contributed by atoms with van der Waals surface area (Å²) in [6.45, 7) is 10.3. The number of piperidine rings is 1. The number of nitrogens with zero attached hydrogens (tertiary/aromatic N) is 5. The summed E-state index contributed by atoms with van der Waals surface area (Å²) in [5.41, 5.74) is 2.23.